The number of nitro benzene ring substituents is 1. The Morgan fingerprint density at radius 3 is 2.23 bits per heavy atom. The SMILES string of the molecule is CCOC(=O)C(C)(NC(=O)c1ccc([N+](=O)[O-])c(OCC(F)(F)C(F)(F)F)c1)C(=O)O. The summed E-state index contributed by atoms with van der Waals surface area (Å²) in [7, 11) is 0. The minimum absolute atomic E-state index is 0.236. The molecular weight excluding hydrogens is 443 g/mol. The maximum atomic E-state index is 13.1. The second kappa shape index (κ2) is 9.09. The van der Waals surface area contributed by atoms with Gasteiger partial charge in [0.1, 0.15) is 0 Å². The average Bonchev–Trinajstić information content (AvgIpc) is 2.64. The maximum absolute atomic E-state index is 13.1. The molecule has 1 unspecified atom stereocenters. The lowest BCUT2D eigenvalue weighted by molar-refractivity contribution is -0.386. The predicted octanol–water partition coefficient (Wildman–Crippen LogP) is 2.31. The summed E-state index contributed by atoms with van der Waals surface area (Å²) >= 11 is 0. The van der Waals surface area contributed by atoms with Crippen molar-refractivity contribution in [2.24, 2.45) is 0 Å². The van der Waals surface area contributed by atoms with Gasteiger partial charge in [0.2, 0.25) is 5.54 Å². The van der Waals surface area contributed by atoms with E-state index >= 15 is 0 Å². The minimum Gasteiger partial charge on any atom is -0.480 e. The van der Waals surface area contributed by atoms with Crippen molar-refractivity contribution in [1.29, 1.82) is 0 Å². The van der Waals surface area contributed by atoms with Gasteiger partial charge < -0.3 is 19.9 Å². The zero-order valence-corrected chi connectivity index (χ0v) is 15.8. The quantitative estimate of drug-likeness (QED) is 0.189. The third kappa shape index (κ3) is 5.76. The van der Waals surface area contributed by atoms with Gasteiger partial charge in [-0.2, -0.15) is 22.0 Å². The van der Waals surface area contributed by atoms with E-state index in [0.717, 1.165) is 13.0 Å². The lowest BCUT2D eigenvalue weighted by atomic mass is 10.0. The highest BCUT2D eigenvalue weighted by atomic mass is 19.4. The summed E-state index contributed by atoms with van der Waals surface area (Å²) in [6.45, 7) is -0.421. The van der Waals surface area contributed by atoms with Crippen LogP contribution in [0.2, 0.25) is 0 Å². The van der Waals surface area contributed by atoms with Crippen LogP contribution in [0.1, 0.15) is 24.2 Å². The van der Waals surface area contributed by atoms with Gasteiger partial charge in [-0.15, -0.1) is 0 Å². The van der Waals surface area contributed by atoms with E-state index in [2.05, 4.69) is 9.47 Å². The van der Waals surface area contributed by atoms with Crippen LogP contribution in [0, 0.1) is 10.1 Å². The van der Waals surface area contributed by atoms with E-state index in [-0.39, 0.29) is 6.61 Å². The molecule has 0 saturated heterocycles. The first-order valence-electron chi connectivity index (χ1n) is 8.15. The van der Waals surface area contributed by atoms with Crippen LogP contribution in [-0.4, -0.2) is 58.7 Å². The maximum Gasteiger partial charge on any atom is 0.456 e. The van der Waals surface area contributed by atoms with Crippen molar-refractivity contribution in [3.8, 4) is 5.75 Å². The first-order valence-corrected chi connectivity index (χ1v) is 8.15. The summed E-state index contributed by atoms with van der Waals surface area (Å²) in [5.74, 6) is -11.0. The molecular formula is C16H15F5N2O8. The number of aliphatic carboxylic acids is 1. The number of rotatable bonds is 9. The topological polar surface area (TPSA) is 145 Å². The number of benzene rings is 1. The smallest absolute Gasteiger partial charge is 0.456 e. The molecule has 1 aromatic carbocycles. The molecule has 0 heterocycles. The highest BCUT2D eigenvalue weighted by molar-refractivity contribution is 6.09. The van der Waals surface area contributed by atoms with Gasteiger partial charge in [-0.25, -0.2) is 9.59 Å². The molecule has 10 nitrogen and oxygen atoms in total. The van der Waals surface area contributed by atoms with Gasteiger partial charge in [0.05, 0.1) is 11.5 Å². The number of carbonyl (C=O) groups is 3. The Bertz CT molecular complexity index is 889. The number of hydrogen-bond acceptors (Lipinski definition) is 7. The summed E-state index contributed by atoms with van der Waals surface area (Å²) in [6, 6.07) is 1.77. The van der Waals surface area contributed by atoms with Crippen LogP contribution >= 0.6 is 0 Å². The molecule has 0 spiro atoms. The molecule has 15 heteroatoms. The van der Waals surface area contributed by atoms with Crippen LogP contribution in [0.3, 0.4) is 0 Å². The monoisotopic (exact) mass is 458 g/mol. The molecule has 0 saturated carbocycles. The molecule has 0 radical (unpaired) electrons. The number of hydrogen-bond donors (Lipinski definition) is 2. The summed E-state index contributed by atoms with van der Waals surface area (Å²) in [5.41, 5.74) is -4.27. The van der Waals surface area contributed by atoms with E-state index in [4.69, 9.17) is 0 Å². The van der Waals surface area contributed by atoms with Crippen LogP contribution < -0.4 is 10.1 Å². The highest BCUT2D eigenvalue weighted by Gasteiger charge is 2.58. The predicted molar refractivity (Wildman–Crippen MR) is 89.7 cm³/mol. The molecule has 1 rings (SSSR count). The van der Waals surface area contributed by atoms with Gasteiger partial charge in [-0.05, 0) is 19.9 Å². The van der Waals surface area contributed by atoms with Crippen LogP contribution in [-0.2, 0) is 14.3 Å². The Hall–Kier alpha value is -3.52. The number of carbonyl (C=O) groups excluding carboxylic acids is 2. The third-order valence-electron chi connectivity index (χ3n) is 3.72. The van der Waals surface area contributed by atoms with Gasteiger partial charge in [0.25, 0.3) is 5.91 Å². The summed E-state index contributed by atoms with van der Waals surface area (Å²) in [6.07, 6.45) is -6.00. The van der Waals surface area contributed by atoms with E-state index in [9.17, 15) is 51.6 Å². The van der Waals surface area contributed by atoms with Crippen LogP contribution in [0.4, 0.5) is 27.6 Å². The molecule has 1 atom stereocenters. The molecule has 1 amide bonds. The summed E-state index contributed by atoms with van der Waals surface area (Å²) in [5, 5.41) is 22.0. The number of alkyl halides is 5. The fourth-order valence-corrected chi connectivity index (χ4v) is 1.94. The Labute approximate surface area is 170 Å². The number of halogens is 5. The summed E-state index contributed by atoms with van der Waals surface area (Å²) in [4.78, 5) is 45.4. The normalized spacial score (nSPS) is 13.6. The van der Waals surface area contributed by atoms with Crippen molar-refractivity contribution in [2.45, 2.75) is 31.5 Å². The second-order valence-corrected chi connectivity index (χ2v) is 6.04. The van der Waals surface area contributed by atoms with Gasteiger partial charge >= 0.3 is 29.7 Å². The number of nitro groups is 1. The molecule has 2 N–H and O–H groups in total. The van der Waals surface area contributed by atoms with E-state index in [1.165, 1.54) is 6.92 Å². The van der Waals surface area contributed by atoms with E-state index in [1.807, 2.05) is 0 Å². The van der Waals surface area contributed by atoms with Crippen molar-refractivity contribution >= 4 is 23.5 Å². The first kappa shape index (κ1) is 25.5. The number of carboxylic acids is 1. The van der Waals surface area contributed by atoms with E-state index in [1.54, 1.807) is 5.32 Å². The molecule has 0 aliphatic rings. The fourth-order valence-electron chi connectivity index (χ4n) is 1.94. The van der Waals surface area contributed by atoms with Gasteiger partial charge in [-0.3, -0.25) is 14.9 Å². The number of ether oxygens (including phenoxy) is 2. The molecule has 0 aliphatic carbocycles. The van der Waals surface area contributed by atoms with Crippen LogP contribution in [0.15, 0.2) is 18.2 Å². The minimum atomic E-state index is -6.00. The molecule has 0 fully saturated rings. The molecule has 0 aliphatic heterocycles. The van der Waals surface area contributed by atoms with Crippen molar-refractivity contribution < 1.29 is 55.8 Å². The second-order valence-electron chi connectivity index (χ2n) is 6.04. The number of carboxylic acid groups (broad SMARTS) is 1. The van der Waals surface area contributed by atoms with Crippen molar-refractivity contribution in [2.75, 3.05) is 13.2 Å². The Kier molecular flexibility index (Phi) is 7.49. The molecule has 1 aromatic rings. The third-order valence-corrected chi connectivity index (χ3v) is 3.72. The number of esters is 1. The fraction of sp³-hybridized carbons (Fsp3) is 0.438. The zero-order valence-electron chi connectivity index (χ0n) is 15.8. The lowest BCUT2D eigenvalue weighted by Crippen LogP contribution is -2.58. The Morgan fingerprint density at radius 1 is 1.19 bits per heavy atom. The lowest BCUT2D eigenvalue weighted by Gasteiger charge is -2.24. The summed E-state index contributed by atoms with van der Waals surface area (Å²) < 4.78 is 71.7. The Morgan fingerprint density at radius 2 is 1.77 bits per heavy atom. The first-order chi connectivity index (χ1) is 14.1. The van der Waals surface area contributed by atoms with Crippen molar-refractivity contribution in [1.82, 2.24) is 5.32 Å². The van der Waals surface area contributed by atoms with Gasteiger partial charge in [-0.1, -0.05) is 0 Å². The largest absolute Gasteiger partial charge is 0.480 e. The van der Waals surface area contributed by atoms with Crippen molar-refractivity contribution in [3.63, 3.8) is 0 Å². The number of nitrogens with zero attached hydrogens (tertiary/aromatic N) is 1. The number of amides is 1. The molecule has 0 bridgehead atoms. The van der Waals surface area contributed by atoms with Gasteiger partial charge in [0, 0.05) is 17.7 Å². The average molecular weight is 458 g/mol. The molecule has 0 aromatic heterocycles. The van der Waals surface area contributed by atoms with Crippen LogP contribution in [0.25, 0.3) is 0 Å². The van der Waals surface area contributed by atoms with E-state index in [0.29, 0.717) is 12.1 Å². The Balaban J connectivity index is 3.25. The zero-order chi connectivity index (χ0) is 24.2. The standard InChI is InChI=1S/C16H15F5N2O8/c1-3-30-13(27)14(2,12(25)26)22-11(24)8-4-5-9(23(28)29)10(6-8)31-7-15(17,18)16(19,20)21/h4-6H,3,7H2,1-2H3,(H,22,24)(H,25,26). The molecule has 172 valence electrons. The van der Waals surface area contributed by atoms with Crippen LogP contribution in [0.5, 0.6) is 5.75 Å². The number of nitrogens with one attached hydrogen (secondary N) is 1. The van der Waals surface area contributed by atoms with Crippen molar-refractivity contribution in [3.05, 3.63) is 33.9 Å². The highest BCUT2D eigenvalue weighted by Crippen LogP contribution is 2.37. The van der Waals surface area contributed by atoms with Gasteiger partial charge in [0.15, 0.2) is 12.4 Å². The van der Waals surface area contributed by atoms with E-state index < -0.39 is 64.0 Å². The molecule has 31 heavy (non-hydrogen) atoms.